The summed E-state index contributed by atoms with van der Waals surface area (Å²) in [6.45, 7) is 7.32. The number of nitrogens with one attached hydrogen (secondary N) is 3. The van der Waals surface area contributed by atoms with Crippen molar-refractivity contribution in [1.82, 2.24) is 16.2 Å². The van der Waals surface area contributed by atoms with Crippen LogP contribution in [0.5, 0.6) is 11.5 Å². The summed E-state index contributed by atoms with van der Waals surface area (Å²) in [6.07, 6.45) is 1.75. The minimum Gasteiger partial charge on any atom is -0.494 e. The lowest BCUT2D eigenvalue weighted by Gasteiger charge is -2.13. The van der Waals surface area contributed by atoms with E-state index in [1.807, 2.05) is 6.92 Å². The van der Waals surface area contributed by atoms with Gasteiger partial charge in [-0.25, -0.2) is 0 Å². The van der Waals surface area contributed by atoms with Crippen LogP contribution in [-0.4, -0.2) is 30.1 Å². The summed E-state index contributed by atoms with van der Waals surface area (Å²) >= 11 is 5.11. The SMILES string of the molecule is CCCOc1ccccc1C(=O)NNC(=S)NC(=O)c1cccc(OCCC(C)C)c1. The van der Waals surface area contributed by atoms with E-state index in [2.05, 4.69) is 30.0 Å². The van der Waals surface area contributed by atoms with Gasteiger partial charge in [0.25, 0.3) is 11.8 Å². The Kier molecular flexibility index (Phi) is 9.77. The molecule has 0 atom stereocenters. The summed E-state index contributed by atoms with van der Waals surface area (Å²) in [4.78, 5) is 24.9. The van der Waals surface area contributed by atoms with Gasteiger partial charge in [-0.05, 0) is 61.3 Å². The first-order valence-corrected chi connectivity index (χ1v) is 10.7. The number of amides is 2. The normalized spacial score (nSPS) is 10.3. The molecular weight excluding hydrogens is 414 g/mol. The Balaban J connectivity index is 1.87. The molecule has 166 valence electrons. The van der Waals surface area contributed by atoms with Gasteiger partial charge >= 0.3 is 0 Å². The first-order chi connectivity index (χ1) is 14.9. The van der Waals surface area contributed by atoms with Crippen molar-refractivity contribution < 1.29 is 19.1 Å². The Morgan fingerprint density at radius 1 is 0.968 bits per heavy atom. The van der Waals surface area contributed by atoms with E-state index >= 15 is 0 Å². The molecule has 0 fully saturated rings. The van der Waals surface area contributed by atoms with Crippen LogP contribution in [0.1, 0.15) is 54.3 Å². The maximum Gasteiger partial charge on any atom is 0.273 e. The summed E-state index contributed by atoms with van der Waals surface area (Å²) in [5, 5.41) is 2.50. The molecule has 0 bridgehead atoms. The van der Waals surface area contributed by atoms with Gasteiger partial charge in [-0.1, -0.05) is 39.0 Å². The highest BCUT2D eigenvalue weighted by Crippen LogP contribution is 2.18. The summed E-state index contributed by atoms with van der Waals surface area (Å²) in [7, 11) is 0. The van der Waals surface area contributed by atoms with Gasteiger partial charge < -0.3 is 9.47 Å². The molecule has 8 heteroatoms. The molecule has 0 heterocycles. The zero-order valence-corrected chi connectivity index (χ0v) is 18.9. The second-order valence-electron chi connectivity index (χ2n) is 7.27. The maximum absolute atomic E-state index is 12.4. The predicted molar refractivity (Wildman–Crippen MR) is 124 cm³/mol. The number of carbonyl (C=O) groups is 2. The molecule has 0 aromatic heterocycles. The van der Waals surface area contributed by atoms with Crippen LogP contribution in [0, 0.1) is 5.92 Å². The van der Waals surface area contributed by atoms with E-state index in [1.54, 1.807) is 48.5 Å². The predicted octanol–water partition coefficient (Wildman–Crippen LogP) is 3.85. The lowest BCUT2D eigenvalue weighted by atomic mass is 10.1. The van der Waals surface area contributed by atoms with Gasteiger partial charge in [0.1, 0.15) is 11.5 Å². The van der Waals surface area contributed by atoms with Crippen molar-refractivity contribution in [3.8, 4) is 11.5 Å². The highest BCUT2D eigenvalue weighted by Gasteiger charge is 2.13. The number of carbonyl (C=O) groups excluding carboxylic acids is 2. The molecule has 0 spiro atoms. The number of benzene rings is 2. The third-order valence-corrected chi connectivity index (χ3v) is 4.37. The third kappa shape index (κ3) is 8.25. The molecular formula is C23H29N3O4S. The second kappa shape index (κ2) is 12.5. The highest BCUT2D eigenvalue weighted by atomic mass is 32.1. The molecule has 0 radical (unpaired) electrons. The third-order valence-electron chi connectivity index (χ3n) is 4.17. The summed E-state index contributed by atoms with van der Waals surface area (Å²) < 4.78 is 11.3. The van der Waals surface area contributed by atoms with Crippen LogP contribution in [-0.2, 0) is 0 Å². The number of para-hydroxylation sites is 1. The molecule has 0 saturated heterocycles. The average molecular weight is 444 g/mol. The molecule has 2 amide bonds. The zero-order valence-electron chi connectivity index (χ0n) is 18.1. The monoisotopic (exact) mass is 443 g/mol. The van der Waals surface area contributed by atoms with Gasteiger partial charge in [-0.2, -0.15) is 0 Å². The van der Waals surface area contributed by atoms with Crippen LogP contribution < -0.4 is 25.6 Å². The van der Waals surface area contributed by atoms with Crippen molar-refractivity contribution >= 4 is 29.1 Å². The minimum atomic E-state index is -0.427. The molecule has 2 aromatic carbocycles. The van der Waals surface area contributed by atoms with Gasteiger partial charge in [0.05, 0.1) is 18.8 Å². The summed E-state index contributed by atoms with van der Waals surface area (Å²) in [5.74, 6) is 0.795. The largest absolute Gasteiger partial charge is 0.494 e. The van der Waals surface area contributed by atoms with Crippen LogP contribution in [0.3, 0.4) is 0 Å². The smallest absolute Gasteiger partial charge is 0.273 e. The standard InChI is InChI=1S/C23H29N3O4S/c1-4-13-30-20-11-6-5-10-19(20)22(28)25-26-23(31)24-21(27)17-8-7-9-18(15-17)29-14-12-16(2)3/h5-11,15-16H,4,12-14H2,1-3H3,(H,25,28)(H2,24,26,27,31). The van der Waals surface area contributed by atoms with Crippen molar-refractivity contribution in [2.45, 2.75) is 33.6 Å². The second-order valence-corrected chi connectivity index (χ2v) is 7.67. The molecule has 0 aliphatic heterocycles. The Morgan fingerprint density at radius 3 is 2.48 bits per heavy atom. The minimum absolute atomic E-state index is 0.0311. The van der Waals surface area contributed by atoms with Gasteiger partial charge in [0, 0.05) is 5.56 Å². The van der Waals surface area contributed by atoms with E-state index in [9.17, 15) is 9.59 Å². The van der Waals surface area contributed by atoms with Crippen LogP contribution in [0.15, 0.2) is 48.5 Å². The first kappa shape index (κ1) is 24.1. The van der Waals surface area contributed by atoms with Gasteiger partial charge in [-0.3, -0.25) is 25.8 Å². The average Bonchev–Trinajstić information content (AvgIpc) is 2.76. The van der Waals surface area contributed by atoms with Crippen molar-refractivity contribution in [3.63, 3.8) is 0 Å². The van der Waals surface area contributed by atoms with Gasteiger partial charge in [0.2, 0.25) is 0 Å². The highest BCUT2D eigenvalue weighted by molar-refractivity contribution is 7.80. The Morgan fingerprint density at radius 2 is 1.74 bits per heavy atom. The molecule has 2 rings (SSSR count). The Bertz CT molecular complexity index is 902. The van der Waals surface area contributed by atoms with Crippen LogP contribution in [0.4, 0.5) is 0 Å². The number of thiocarbonyl (C=S) groups is 1. The molecule has 2 aromatic rings. The Hall–Kier alpha value is -3.13. The first-order valence-electron chi connectivity index (χ1n) is 10.3. The molecule has 3 N–H and O–H groups in total. The van der Waals surface area contributed by atoms with E-state index in [0.717, 1.165) is 12.8 Å². The van der Waals surface area contributed by atoms with E-state index in [4.69, 9.17) is 21.7 Å². The van der Waals surface area contributed by atoms with Gasteiger partial charge in [-0.15, -0.1) is 0 Å². The maximum atomic E-state index is 12.4. The van der Waals surface area contributed by atoms with Crippen LogP contribution in [0.25, 0.3) is 0 Å². The topological polar surface area (TPSA) is 88.7 Å². The fraction of sp³-hybridized carbons (Fsp3) is 0.348. The summed E-state index contributed by atoms with van der Waals surface area (Å²) in [5.41, 5.74) is 5.78. The summed E-state index contributed by atoms with van der Waals surface area (Å²) in [6, 6.07) is 13.8. The van der Waals surface area contributed by atoms with Crippen molar-refractivity contribution in [2.75, 3.05) is 13.2 Å². The van der Waals surface area contributed by atoms with E-state index in [0.29, 0.717) is 41.8 Å². The fourth-order valence-corrected chi connectivity index (χ4v) is 2.66. The lowest BCUT2D eigenvalue weighted by molar-refractivity contribution is 0.0931. The molecule has 7 nitrogen and oxygen atoms in total. The molecule has 0 aliphatic carbocycles. The number of hydrazine groups is 1. The Labute approximate surface area is 188 Å². The molecule has 31 heavy (non-hydrogen) atoms. The van der Waals surface area contributed by atoms with Crippen LogP contribution >= 0.6 is 12.2 Å². The van der Waals surface area contributed by atoms with E-state index in [-0.39, 0.29) is 5.11 Å². The number of ether oxygens (including phenoxy) is 2. The van der Waals surface area contributed by atoms with Crippen molar-refractivity contribution in [3.05, 3.63) is 59.7 Å². The van der Waals surface area contributed by atoms with E-state index < -0.39 is 11.8 Å². The van der Waals surface area contributed by atoms with Gasteiger partial charge in [0.15, 0.2) is 5.11 Å². The molecule has 0 saturated carbocycles. The zero-order chi connectivity index (χ0) is 22.6. The number of hydrogen-bond acceptors (Lipinski definition) is 5. The number of hydrogen-bond donors (Lipinski definition) is 3. The number of rotatable bonds is 9. The molecule has 0 unspecified atom stereocenters. The van der Waals surface area contributed by atoms with Crippen molar-refractivity contribution in [2.24, 2.45) is 5.92 Å². The van der Waals surface area contributed by atoms with Crippen molar-refractivity contribution in [1.29, 1.82) is 0 Å². The quantitative estimate of drug-likeness (QED) is 0.403. The fourth-order valence-electron chi connectivity index (χ4n) is 2.52. The molecule has 0 aliphatic rings. The van der Waals surface area contributed by atoms with Crippen LogP contribution in [0.2, 0.25) is 0 Å². The van der Waals surface area contributed by atoms with E-state index in [1.165, 1.54) is 0 Å². The lowest BCUT2D eigenvalue weighted by Crippen LogP contribution is -2.48.